The van der Waals surface area contributed by atoms with E-state index in [-0.39, 0.29) is 5.56 Å². The van der Waals surface area contributed by atoms with Gasteiger partial charge in [0.15, 0.2) is 5.75 Å². The van der Waals surface area contributed by atoms with E-state index in [9.17, 15) is 4.79 Å². The Kier molecular flexibility index (Phi) is 11.8. The topological polar surface area (TPSA) is 66.5 Å². The lowest BCUT2D eigenvalue weighted by Gasteiger charge is -2.19. The molecule has 0 aliphatic rings. The molecule has 1 aromatic carbocycles. The number of hydrogen-bond acceptors (Lipinski definition) is 4. The fourth-order valence-electron chi connectivity index (χ4n) is 3.88. The summed E-state index contributed by atoms with van der Waals surface area (Å²) in [4.78, 5) is 13.6. The zero-order chi connectivity index (χ0) is 24.9. The number of anilines is 1. The van der Waals surface area contributed by atoms with Gasteiger partial charge in [-0.15, -0.1) is 0 Å². The van der Waals surface area contributed by atoms with E-state index in [1.54, 1.807) is 0 Å². The van der Waals surface area contributed by atoms with Crippen LogP contribution < -0.4 is 20.8 Å². The van der Waals surface area contributed by atoms with Gasteiger partial charge in [-0.25, -0.2) is 0 Å². The standard InChI is InChI=1S/C29H44N2O3/c1-6-8-10-11-18-31-26-21-24(30)15-16-25(26)27(28(29(31)32)33-19-9-7-2)34-20-17-23(5)14-12-13-22(3)4/h13,15-17,21H,6-12,14,18-20,30H2,1-5H3/b23-17+. The summed E-state index contributed by atoms with van der Waals surface area (Å²) in [6.45, 7) is 12.2. The summed E-state index contributed by atoms with van der Waals surface area (Å²) in [5.41, 5.74) is 10.0. The molecule has 0 unspecified atom stereocenters. The molecule has 0 spiro atoms. The van der Waals surface area contributed by atoms with Gasteiger partial charge in [-0.3, -0.25) is 4.79 Å². The Morgan fingerprint density at radius 2 is 1.74 bits per heavy atom. The molecule has 0 aliphatic heterocycles. The molecular weight excluding hydrogens is 424 g/mol. The van der Waals surface area contributed by atoms with Crippen molar-refractivity contribution in [1.82, 2.24) is 4.57 Å². The predicted molar refractivity (Wildman–Crippen MR) is 145 cm³/mol. The number of pyridine rings is 1. The summed E-state index contributed by atoms with van der Waals surface area (Å²) in [5, 5.41) is 0.867. The Morgan fingerprint density at radius 1 is 0.971 bits per heavy atom. The first kappa shape index (κ1) is 27.6. The molecule has 0 bridgehead atoms. The molecule has 2 aromatic rings. The molecular formula is C29H44N2O3. The first-order valence-electron chi connectivity index (χ1n) is 12.9. The van der Waals surface area contributed by atoms with E-state index in [1.165, 1.54) is 11.1 Å². The molecule has 0 fully saturated rings. The minimum atomic E-state index is -0.134. The molecule has 0 aliphatic carbocycles. The lowest BCUT2D eigenvalue weighted by molar-refractivity contribution is 0.274. The van der Waals surface area contributed by atoms with Crippen molar-refractivity contribution in [3.8, 4) is 11.5 Å². The van der Waals surface area contributed by atoms with Crippen molar-refractivity contribution >= 4 is 16.6 Å². The van der Waals surface area contributed by atoms with Gasteiger partial charge in [0, 0.05) is 17.6 Å². The van der Waals surface area contributed by atoms with Crippen molar-refractivity contribution in [2.75, 3.05) is 18.9 Å². The highest BCUT2D eigenvalue weighted by atomic mass is 16.5. The maximum Gasteiger partial charge on any atom is 0.297 e. The van der Waals surface area contributed by atoms with Crippen LogP contribution in [0.2, 0.25) is 0 Å². The van der Waals surface area contributed by atoms with E-state index in [4.69, 9.17) is 15.2 Å². The van der Waals surface area contributed by atoms with Gasteiger partial charge in [0.2, 0.25) is 5.75 Å². The smallest absolute Gasteiger partial charge is 0.297 e. The van der Waals surface area contributed by atoms with E-state index < -0.39 is 0 Å². The van der Waals surface area contributed by atoms with Crippen molar-refractivity contribution < 1.29 is 9.47 Å². The first-order valence-corrected chi connectivity index (χ1v) is 12.9. The zero-order valence-electron chi connectivity index (χ0n) is 21.9. The van der Waals surface area contributed by atoms with Crippen LogP contribution in [-0.2, 0) is 6.54 Å². The fraction of sp³-hybridized carbons (Fsp3) is 0.552. The monoisotopic (exact) mass is 468 g/mol. The number of allylic oxidation sites excluding steroid dienone is 3. The summed E-state index contributed by atoms with van der Waals surface area (Å²) in [7, 11) is 0. The summed E-state index contributed by atoms with van der Waals surface area (Å²) < 4.78 is 14.1. The predicted octanol–water partition coefficient (Wildman–Crippen LogP) is 7.41. The van der Waals surface area contributed by atoms with Gasteiger partial charge in [0.25, 0.3) is 5.56 Å². The third-order valence-corrected chi connectivity index (χ3v) is 5.93. The zero-order valence-corrected chi connectivity index (χ0v) is 21.9. The second-order valence-corrected chi connectivity index (χ2v) is 9.34. The van der Waals surface area contributed by atoms with Gasteiger partial charge in [-0.2, -0.15) is 0 Å². The lowest BCUT2D eigenvalue weighted by atomic mass is 10.1. The van der Waals surface area contributed by atoms with Crippen LogP contribution in [0.15, 0.2) is 46.3 Å². The summed E-state index contributed by atoms with van der Waals surface area (Å²) in [6, 6.07) is 5.68. The van der Waals surface area contributed by atoms with Crippen molar-refractivity contribution in [1.29, 1.82) is 0 Å². The Balaban J connectivity index is 2.41. The summed E-state index contributed by atoms with van der Waals surface area (Å²) >= 11 is 0. The molecule has 0 saturated heterocycles. The summed E-state index contributed by atoms with van der Waals surface area (Å²) in [5.74, 6) is 0.839. The van der Waals surface area contributed by atoms with Crippen LogP contribution >= 0.6 is 0 Å². The molecule has 0 radical (unpaired) electrons. The Hall–Kier alpha value is -2.69. The molecule has 1 aromatic heterocycles. The maximum atomic E-state index is 13.6. The normalized spacial score (nSPS) is 11.6. The number of rotatable bonds is 15. The number of nitrogen functional groups attached to an aromatic ring is 1. The molecule has 0 amide bonds. The van der Waals surface area contributed by atoms with Crippen LogP contribution in [0.3, 0.4) is 0 Å². The number of ether oxygens (including phenoxy) is 2. The average molecular weight is 469 g/mol. The summed E-state index contributed by atoms with van der Waals surface area (Å²) in [6.07, 6.45) is 12.6. The highest BCUT2D eigenvalue weighted by Gasteiger charge is 2.20. The molecule has 2 N–H and O–H groups in total. The van der Waals surface area contributed by atoms with Crippen LogP contribution in [0.1, 0.15) is 86.0 Å². The van der Waals surface area contributed by atoms with E-state index in [0.717, 1.165) is 62.3 Å². The van der Waals surface area contributed by atoms with Crippen molar-refractivity contribution in [3.63, 3.8) is 0 Å². The second-order valence-electron chi connectivity index (χ2n) is 9.34. The number of nitrogens with zero attached hydrogens (tertiary/aromatic N) is 1. The van der Waals surface area contributed by atoms with Gasteiger partial charge < -0.3 is 19.8 Å². The molecule has 2 rings (SSSR count). The molecule has 5 nitrogen and oxygen atoms in total. The number of hydrogen-bond donors (Lipinski definition) is 1. The Morgan fingerprint density at radius 3 is 2.44 bits per heavy atom. The van der Waals surface area contributed by atoms with Gasteiger partial charge in [0.1, 0.15) is 6.61 Å². The lowest BCUT2D eigenvalue weighted by Crippen LogP contribution is -2.24. The van der Waals surface area contributed by atoms with E-state index in [1.807, 2.05) is 22.8 Å². The molecule has 1 heterocycles. The molecule has 188 valence electrons. The van der Waals surface area contributed by atoms with E-state index in [0.29, 0.717) is 36.9 Å². The Labute approximate surface area is 205 Å². The van der Waals surface area contributed by atoms with Gasteiger partial charge >= 0.3 is 0 Å². The van der Waals surface area contributed by atoms with Gasteiger partial charge in [0.05, 0.1) is 12.1 Å². The number of aromatic nitrogens is 1. The number of fused-ring (bicyclic) bond motifs is 1. The van der Waals surface area contributed by atoms with E-state index >= 15 is 0 Å². The van der Waals surface area contributed by atoms with Gasteiger partial charge in [-0.05, 0) is 70.7 Å². The average Bonchev–Trinajstić information content (AvgIpc) is 2.79. The Bertz CT molecular complexity index is 1030. The largest absolute Gasteiger partial charge is 0.485 e. The van der Waals surface area contributed by atoms with Crippen molar-refractivity contribution in [3.05, 3.63) is 51.9 Å². The second kappa shape index (κ2) is 14.5. The van der Waals surface area contributed by atoms with Gasteiger partial charge in [-0.1, -0.05) is 56.8 Å². The molecule has 34 heavy (non-hydrogen) atoms. The minimum Gasteiger partial charge on any atom is -0.485 e. The van der Waals surface area contributed by atoms with Crippen molar-refractivity contribution in [2.45, 2.75) is 92.5 Å². The minimum absolute atomic E-state index is 0.134. The van der Waals surface area contributed by atoms with Crippen LogP contribution in [0, 0.1) is 0 Å². The van der Waals surface area contributed by atoms with Crippen LogP contribution in [0.25, 0.3) is 10.9 Å². The highest BCUT2D eigenvalue weighted by molar-refractivity contribution is 5.90. The third-order valence-electron chi connectivity index (χ3n) is 5.93. The van der Waals surface area contributed by atoms with E-state index in [2.05, 4.69) is 46.8 Å². The quantitative estimate of drug-likeness (QED) is 0.168. The maximum absolute atomic E-state index is 13.6. The van der Waals surface area contributed by atoms with Crippen LogP contribution in [-0.4, -0.2) is 17.8 Å². The highest BCUT2D eigenvalue weighted by Crippen LogP contribution is 2.34. The number of benzene rings is 1. The number of nitrogens with two attached hydrogens (primary N) is 1. The SMILES string of the molecule is CCCCCCn1c(=O)c(OCCCC)c(OC/C=C(\C)CCC=C(C)C)c2ccc(N)cc21. The molecule has 5 heteroatoms. The van der Waals surface area contributed by atoms with Crippen LogP contribution in [0.4, 0.5) is 5.69 Å². The molecule has 0 saturated carbocycles. The van der Waals surface area contributed by atoms with Crippen molar-refractivity contribution in [2.24, 2.45) is 0 Å². The third kappa shape index (κ3) is 8.27. The molecule has 0 atom stereocenters. The fourth-order valence-corrected chi connectivity index (χ4v) is 3.88. The first-order chi connectivity index (χ1) is 16.4. The van der Waals surface area contributed by atoms with Crippen LogP contribution in [0.5, 0.6) is 11.5 Å². The number of aryl methyl sites for hydroxylation is 1. The number of unbranched alkanes of at least 4 members (excludes halogenated alkanes) is 4.